The molecule has 2 amide bonds. The zero-order valence-corrected chi connectivity index (χ0v) is 20.5. The van der Waals surface area contributed by atoms with Gasteiger partial charge in [0, 0.05) is 5.75 Å². The minimum atomic E-state index is -1.10. The second-order valence-corrected chi connectivity index (χ2v) is 9.09. The molecule has 0 aromatic carbocycles. The molecule has 0 aromatic heterocycles. The Kier molecular flexibility index (Phi) is 16.6. The topological polar surface area (TPSA) is 105 Å². The van der Waals surface area contributed by atoms with Gasteiger partial charge in [-0.15, -0.1) is 0 Å². The number of aliphatic carboxylic acids is 1. The highest BCUT2D eigenvalue weighted by Gasteiger charge is 2.20. The van der Waals surface area contributed by atoms with Crippen LogP contribution in [0.3, 0.4) is 0 Å². The van der Waals surface area contributed by atoms with E-state index in [1.807, 2.05) is 0 Å². The average molecular weight is 457 g/mol. The third kappa shape index (κ3) is 17.4. The van der Waals surface area contributed by atoms with Gasteiger partial charge in [-0.2, -0.15) is 11.8 Å². The van der Waals surface area contributed by atoms with Gasteiger partial charge in [0.25, 0.3) is 0 Å². The third-order valence-corrected chi connectivity index (χ3v) is 5.68. The highest BCUT2D eigenvalue weighted by atomic mass is 32.2. The third-order valence-electron chi connectivity index (χ3n) is 4.59. The van der Waals surface area contributed by atoms with Gasteiger partial charge < -0.3 is 20.5 Å². The van der Waals surface area contributed by atoms with Crippen molar-refractivity contribution in [3.05, 3.63) is 23.3 Å². The zero-order chi connectivity index (χ0) is 23.6. The Morgan fingerprint density at radius 1 is 1.10 bits per heavy atom. The summed E-state index contributed by atoms with van der Waals surface area (Å²) >= 11 is 1.51. The number of urea groups is 1. The second kappa shape index (κ2) is 17.7. The van der Waals surface area contributed by atoms with Gasteiger partial charge in [0.1, 0.15) is 12.6 Å². The van der Waals surface area contributed by atoms with Crippen molar-refractivity contribution in [1.82, 2.24) is 10.6 Å². The molecule has 0 heterocycles. The first-order valence-corrected chi connectivity index (χ1v) is 12.1. The summed E-state index contributed by atoms with van der Waals surface area (Å²) in [6.07, 6.45) is 9.95. The first kappa shape index (κ1) is 29.0. The van der Waals surface area contributed by atoms with E-state index in [4.69, 9.17) is 4.74 Å². The van der Waals surface area contributed by atoms with E-state index in [0.29, 0.717) is 5.92 Å². The number of allylic oxidation sites excluding steroid dienone is 4. The molecule has 0 saturated carbocycles. The molecule has 0 bridgehead atoms. The molecule has 2 atom stereocenters. The van der Waals surface area contributed by atoms with Crippen molar-refractivity contribution in [1.29, 1.82) is 0 Å². The second-order valence-electron chi connectivity index (χ2n) is 7.94. The predicted molar refractivity (Wildman–Crippen MR) is 127 cm³/mol. The lowest BCUT2D eigenvalue weighted by molar-refractivity contribution is -0.141. The van der Waals surface area contributed by atoms with Crippen LogP contribution in [0.15, 0.2) is 23.3 Å². The van der Waals surface area contributed by atoms with Crippen molar-refractivity contribution in [2.75, 3.05) is 24.7 Å². The molecular formula is C23H40N2O5S. The molecule has 0 spiro atoms. The van der Waals surface area contributed by atoms with Gasteiger partial charge in [-0.25, -0.2) is 9.59 Å². The summed E-state index contributed by atoms with van der Waals surface area (Å²) in [5.74, 6) is 0.00307. The van der Waals surface area contributed by atoms with Crippen LogP contribution in [0.4, 0.5) is 4.79 Å². The van der Waals surface area contributed by atoms with E-state index in [0.717, 1.165) is 37.9 Å². The maximum atomic E-state index is 11.8. The molecule has 31 heavy (non-hydrogen) atoms. The number of carbonyl (C=O) groups is 3. The van der Waals surface area contributed by atoms with Gasteiger partial charge in [-0.3, -0.25) is 4.79 Å². The number of rotatable bonds is 16. The van der Waals surface area contributed by atoms with Crippen LogP contribution in [0.5, 0.6) is 0 Å². The normalized spacial score (nSPS) is 13.1. The van der Waals surface area contributed by atoms with Crippen LogP contribution >= 0.6 is 11.8 Å². The van der Waals surface area contributed by atoms with E-state index in [1.165, 1.54) is 22.9 Å². The molecule has 178 valence electrons. The van der Waals surface area contributed by atoms with Crippen molar-refractivity contribution in [2.45, 2.75) is 72.8 Å². The Hall–Kier alpha value is -1.96. The number of hydrogen-bond donors (Lipinski definition) is 3. The van der Waals surface area contributed by atoms with Gasteiger partial charge in [0.2, 0.25) is 0 Å². The summed E-state index contributed by atoms with van der Waals surface area (Å²) in [6.45, 7) is 10.2. The van der Waals surface area contributed by atoms with E-state index in [1.54, 1.807) is 6.92 Å². The quantitative estimate of drug-likeness (QED) is 0.179. The molecule has 8 heteroatoms. The smallest absolute Gasteiger partial charge is 0.327 e. The monoisotopic (exact) mass is 456 g/mol. The fourth-order valence-electron chi connectivity index (χ4n) is 2.68. The standard InChI is InChI=1S/C23H40N2O5S/c1-6-30-21(26)15-24-23(29)25-20(22(27)28)16-31-14-13-19(5)12-8-11-18(4)10-7-9-17(2)3/h9,11,19-20H,6-8,10,12-16H2,1-5H3,(H,27,28)(H2,24,25,29). The fraction of sp³-hybridized carbons (Fsp3) is 0.696. The summed E-state index contributed by atoms with van der Waals surface area (Å²) < 4.78 is 4.71. The van der Waals surface area contributed by atoms with E-state index < -0.39 is 24.0 Å². The van der Waals surface area contributed by atoms with Crippen LogP contribution in [0, 0.1) is 5.92 Å². The van der Waals surface area contributed by atoms with Gasteiger partial charge in [-0.1, -0.05) is 30.2 Å². The first-order chi connectivity index (χ1) is 14.6. The number of carbonyl (C=O) groups excluding carboxylic acids is 2. The molecule has 0 aliphatic carbocycles. The van der Waals surface area contributed by atoms with Crippen LogP contribution in [-0.2, 0) is 14.3 Å². The Bertz CT molecular complexity index is 615. The van der Waals surface area contributed by atoms with Gasteiger partial charge in [-0.05, 0) is 71.5 Å². The van der Waals surface area contributed by atoms with Crippen LogP contribution < -0.4 is 10.6 Å². The van der Waals surface area contributed by atoms with Crippen LogP contribution in [-0.4, -0.2) is 53.8 Å². The Labute approximate surface area is 191 Å². The largest absolute Gasteiger partial charge is 0.480 e. The SMILES string of the molecule is CCOC(=O)CNC(=O)NC(CSCCC(C)CCC=C(C)CCC=C(C)C)C(=O)O. The molecule has 0 fully saturated rings. The predicted octanol–water partition coefficient (Wildman–Crippen LogP) is 4.53. The molecule has 0 aliphatic rings. The zero-order valence-electron chi connectivity index (χ0n) is 19.7. The number of carboxylic acids is 1. The molecule has 0 aromatic rings. The number of esters is 1. The highest BCUT2D eigenvalue weighted by molar-refractivity contribution is 7.99. The van der Waals surface area contributed by atoms with Gasteiger partial charge >= 0.3 is 18.0 Å². The highest BCUT2D eigenvalue weighted by Crippen LogP contribution is 2.17. The van der Waals surface area contributed by atoms with Crippen molar-refractivity contribution < 1.29 is 24.2 Å². The first-order valence-electron chi connectivity index (χ1n) is 10.9. The number of thioether (sulfide) groups is 1. The van der Waals surface area contributed by atoms with Crippen molar-refractivity contribution in [3.63, 3.8) is 0 Å². The minimum Gasteiger partial charge on any atom is -0.480 e. The lowest BCUT2D eigenvalue weighted by atomic mass is 10.0. The van der Waals surface area contributed by atoms with Crippen molar-refractivity contribution >= 4 is 29.7 Å². The molecular weight excluding hydrogens is 416 g/mol. The summed E-state index contributed by atoms with van der Waals surface area (Å²) in [4.78, 5) is 34.4. The molecule has 7 nitrogen and oxygen atoms in total. The van der Waals surface area contributed by atoms with E-state index >= 15 is 0 Å². The Balaban J connectivity index is 4.08. The van der Waals surface area contributed by atoms with Crippen LogP contribution in [0.2, 0.25) is 0 Å². The molecule has 0 saturated heterocycles. The summed E-state index contributed by atoms with van der Waals surface area (Å²) in [6, 6.07) is -1.70. The fourth-order valence-corrected chi connectivity index (χ4v) is 3.88. The lowest BCUT2D eigenvalue weighted by Gasteiger charge is -2.15. The lowest BCUT2D eigenvalue weighted by Crippen LogP contribution is -2.48. The number of ether oxygens (including phenoxy) is 1. The Morgan fingerprint density at radius 3 is 2.42 bits per heavy atom. The van der Waals surface area contributed by atoms with Crippen LogP contribution in [0.25, 0.3) is 0 Å². The van der Waals surface area contributed by atoms with Gasteiger partial charge in [0.05, 0.1) is 6.61 Å². The van der Waals surface area contributed by atoms with E-state index in [-0.39, 0.29) is 18.9 Å². The average Bonchev–Trinajstić information content (AvgIpc) is 2.68. The molecule has 0 radical (unpaired) electrons. The van der Waals surface area contributed by atoms with Crippen LogP contribution in [0.1, 0.15) is 66.7 Å². The molecule has 3 N–H and O–H groups in total. The number of amides is 2. The van der Waals surface area contributed by atoms with Gasteiger partial charge in [0.15, 0.2) is 0 Å². The number of carboxylic acid groups (broad SMARTS) is 1. The number of hydrogen-bond acceptors (Lipinski definition) is 5. The van der Waals surface area contributed by atoms with E-state index in [9.17, 15) is 19.5 Å². The van der Waals surface area contributed by atoms with Crippen molar-refractivity contribution in [3.8, 4) is 0 Å². The molecule has 0 aliphatic heterocycles. The maximum Gasteiger partial charge on any atom is 0.327 e. The Morgan fingerprint density at radius 2 is 1.81 bits per heavy atom. The molecule has 2 unspecified atom stereocenters. The summed E-state index contributed by atoms with van der Waals surface area (Å²) in [5.41, 5.74) is 2.78. The van der Waals surface area contributed by atoms with Crippen molar-refractivity contribution in [2.24, 2.45) is 5.92 Å². The summed E-state index contributed by atoms with van der Waals surface area (Å²) in [7, 11) is 0. The van der Waals surface area contributed by atoms with E-state index in [2.05, 4.69) is 50.5 Å². The molecule has 0 rings (SSSR count). The minimum absolute atomic E-state index is 0.223. The maximum absolute atomic E-state index is 11.8. The summed E-state index contributed by atoms with van der Waals surface area (Å²) in [5, 5.41) is 14.0. The number of nitrogens with one attached hydrogen (secondary N) is 2.